The molecule has 0 unspecified atom stereocenters. The van der Waals surface area contributed by atoms with Crippen LogP contribution in [0.4, 0.5) is 0 Å². The second-order valence-corrected chi connectivity index (χ2v) is 2.59. The van der Waals surface area contributed by atoms with E-state index in [-0.39, 0.29) is 6.42 Å². The third-order valence-electron chi connectivity index (χ3n) is 1.63. The zero-order valence-electron chi connectivity index (χ0n) is 7.21. The van der Waals surface area contributed by atoms with Crippen LogP contribution in [-0.4, -0.2) is 15.1 Å². The van der Waals surface area contributed by atoms with Gasteiger partial charge in [-0.2, -0.15) is 10.2 Å². The van der Waals surface area contributed by atoms with E-state index >= 15 is 0 Å². The summed E-state index contributed by atoms with van der Waals surface area (Å²) in [7, 11) is 0. The zero-order chi connectivity index (χ0) is 9.80. The number of hydrogen-bond acceptors (Lipinski definition) is 5. The molecule has 0 N–H and O–H groups in total. The van der Waals surface area contributed by atoms with Crippen molar-refractivity contribution in [3.8, 4) is 17.5 Å². The number of aromatic nitrogens is 3. The van der Waals surface area contributed by atoms with E-state index in [2.05, 4.69) is 15.1 Å². The molecule has 0 radical (unpaired) electrons. The third-order valence-corrected chi connectivity index (χ3v) is 1.63. The number of pyridine rings is 1. The van der Waals surface area contributed by atoms with Crippen molar-refractivity contribution >= 4 is 0 Å². The standard InChI is InChI=1S/C9H6N4O/c10-4-1-8-12-9(14-13-8)7-2-5-11-6-3-7/h2-3,5-6H,1H2. The Bertz CT molecular complexity index is 457. The molecule has 0 aliphatic carbocycles. The monoisotopic (exact) mass is 186 g/mol. The van der Waals surface area contributed by atoms with Gasteiger partial charge in [-0.3, -0.25) is 4.98 Å². The summed E-state index contributed by atoms with van der Waals surface area (Å²) in [6.07, 6.45) is 3.45. The van der Waals surface area contributed by atoms with Gasteiger partial charge in [-0.25, -0.2) is 0 Å². The number of nitrogens with zero attached hydrogens (tertiary/aromatic N) is 4. The molecule has 0 aliphatic heterocycles. The zero-order valence-corrected chi connectivity index (χ0v) is 7.21. The quantitative estimate of drug-likeness (QED) is 0.704. The van der Waals surface area contributed by atoms with Crippen molar-refractivity contribution in [1.82, 2.24) is 15.1 Å². The van der Waals surface area contributed by atoms with E-state index in [1.165, 1.54) is 0 Å². The number of rotatable bonds is 2. The molecule has 5 heteroatoms. The van der Waals surface area contributed by atoms with E-state index in [4.69, 9.17) is 9.78 Å². The van der Waals surface area contributed by atoms with Gasteiger partial charge in [-0.1, -0.05) is 5.16 Å². The summed E-state index contributed by atoms with van der Waals surface area (Å²) < 4.78 is 4.96. The molecule has 2 aromatic heterocycles. The average molecular weight is 186 g/mol. The van der Waals surface area contributed by atoms with Crippen LogP contribution < -0.4 is 0 Å². The molecule has 0 aliphatic rings. The van der Waals surface area contributed by atoms with Gasteiger partial charge in [0, 0.05) is 18.0 Å². The smallest absolute Gasteiger partial charge is 0.258 e. The van der Waals surface area contributed by atoms with Gasteiger partial charge >= 0.3 is 0 Å². The summed E-state index contributed by atoms with van der Waals surface area (Å²) in [5, 5.41) is 12.1. The molecule has 0 saturated carbocycles. The molecule has 14 heavy (non-hydrogen) atoms. The molecular formula is C9H6N4O. The van der Waals surface area contributed by atoms with Crippen molar-refractivity contribution in [1.29, 1.82) is 5.26 Å². The molecular weight excluding hydrogens is 180 g/mol. The van der Waals surface area contributed by atoms with Gasteiger partial charge < -0.3 is 4.52 Å². The molecule has 0 aromatic carbocycles. The Kier molecular flexibility index (Phi) is 2.19. The van der Waals surface area contributed by atoms with E-state index < -0.39 is 0 Å². The Hall–Kier alpha value is -2.22. The second kappa shape index (κ2) is 3.66. The Morgan fingerprint density at radius 2 is 2.14 bits per heavy atom. The van der Waals surface area contributed by atoms with Gasteiger partial charge in [0.2, 0.25) is 0 Å². The van der Waals surface area contributed by atoms with Gasteiger partial charge in [0.1, 0.15) is 0 Å². The van der Waals surface area contributed by atoms with Crippen LogP contribution >= 0.6 is 0 Å². The molecule has 0 atom stereocenters. The molecule has 0 amide bonds. The van der Waals surface area contributed by atoms with E-state index in [0.29, 0.717) is 11.7 Å². The van der Waals surface area contributed by atoms with Crippen molar-refractivity contribution < 1.29 is 4.52 Å². The minimum absolute atomic E-state index is 0.161. The highest BCUT2D eigenvalue weighted by atomic mass is 16.5. The van der Waals surface area contributed by atoms with Crippen molar-refractivity contribution in [3.63, 3.8) is 0 Å². The van der Waals surface area contributed by atoms with Gasteiger partial charge in [-0.15, -0.1) is 0 Å². The molecule has 2 rings (SSSR count). The lowest BCUT2D eigenvalue weighted by atomic mass is 10.3. The molecule has 2 aromatic rings. The molecule has 0 fully saturated rings. The van der Waals surface area contributed by atoms with E-state index in [1.807, 2.05) is 6.07 Å². The summed E-state index contributed by atoms with van der Waals surface area (Å²) in [4.78, 5) is 7.91. The SMILES string of the molecule is N#CCc1noc(-c2ccncc2)n1. The predicted molar refractivity (Wildman–Crippen MR) is 46.8 cm³/mol. The third kappa shape index (κ3) is 1.59. The van der Waals surface area contributed by atoms with Crippen molar-refractivity contribution in [2.45, 2.75) is 6.42 Å². The number of nitriles is 1. The van der Waals surface area contributed by atoms with Crippen LogP contribution in [0.5, 0.6) is 0 Å². The fourth-order valence-electron chi connectivity index (χ4n) is 1.01. The highest BCUT2D eigenvalue weighted by molar-refractivity contribution is 5.50. The normalized spacial score (nSPS) is 9.64. The Labute approximate surface area is 80.0 Å². The molecule has 2 heterocycles. The lowest BCUT2D eigenvalue weighted by Crippen LogP contribution is -1.83. The maximum absolute atomic E-state index is 8.42. The summed E-state index contributed by atoms with van der Waals surface area (Å²) in [6, 6.07) is 5.49. The fraction of sp³-hybridized carbons (Fsp3) is 0.111. The van der Waals surface area contributed by atoms with E-state index in [9.17, 15) is 0 Å². The first-order valence-electron chi connectivity index (χ1n) is 4.00. The topological polar surface area (TPSA) is 75.6 Å². The highest BCUT2D eigenvalue weighted by Crippen LogP contribution is 2.15. The molecule has 0 bridgehead atoms. The van der Waals surface area contributed by atoms with Crippen LogP contribution in [0.25, 0.3) is 11.5 Å². The summed E-state index contributed by atoms with van der Waals surface area (Å²) in [5.74, 6) is 0.817. The lowest BCUT2D eigenvalue weighted by Gasteiger charge is -1.89. The minimum atomic E-state index is 0.161. The van der Waals surface area contributed by atoms with Crippen molar-refractivity contribution in [2.75, 3.05) is 0 Å². The summed E-state index contributed by atoms with van der Waals surface area (Å²) in [5.41, 5.74) is 0.802. The fourth-order valence-corrected chi connectivity index (χ4v) is 1.01. The largest absolute Gasteiger partial charge is 0.334 e. The van der Waals surface area contributed by atoms with Crippen LogP contribution in [0, 0.1) is 11.3 Å². The summed E-state index contributed by atoms with van der Waals surface area (Å²) in [6.45, 7) is 0. The lowest BCUT2D eigenvalue weighted by molar-refractivity contribution is 0.424. The van der Waals surface area contributed by atoms with Crippen LogP contribution in [0.2, 0.25) is 0 Å². The maximum Gasteiger partial charge on any atom is 0.258 e. The summed E-state index contributed by atoms with van der Waals surface area (Å²) >= 11 is 0. The van der Waals surface area contributed by atoms with Crippen molar-refractivity contribution in [3.05, 3.63) is 30.4 Å². The van der Waals surface area contributed by atoms with Gasteiger partial charge in [-0.05, 0) is 12.1 Å². The predicted octanol–water partition coefficient (Wildman–Crippen LogP) is 1.20. The first kappa shape index (κ1) is 8.38. The van der Waals surface area contributed by atoms with Crippen LogP contribution in [-0.2, 0) is 6.42 Å². The van der Waals surface area contributed by atoms with Crippen LogP contribution in [0.1, 0.15) is 5.82 Å². The van der Waals surface area contributed by atoms with Gasteiger partial charge in [0.05, 0.1) is 12.5 Å². The van der Waals surface area contributed by atoms with Crippen LogP contribution in [0.3, 0.4) is 0 Å². The average Bonchev–Trinajstić information content (AvgIpc) is 2.68. The molecule has 5 nitrogen and oxygen atoms in total. The minimum Gasteiger partial charge on any atom is -0.334 e. The van der Waals surface area contributed by atoms with E-state index in [1.54, 1.807) is 24.5 Å². The van der Waals surface area contributed by atoms with E-state index in [0.717, 1.165) is 5.56 Å². The van der Waals surface area contributed by atoms with Crippen molar-refractivity contribution in [2.24, 2.45) is 0 Å². The van der Waals surface area contributed by atoms with Gasteiger partial charge in [0.25, 0.3) is 5.89 Å². The molecule has 0 saturated heterocycles. The van der Waals surface area contributed by atoms with Crippen LogP contribution in [0.15, 0.2) is 29.0 Å². The Morgan fingerprint density at radius 1 is 1.36 bits per heavy atom. The Morgan fingerprint density at radius 3 is 2.86 bits per heavy atom. The highest BCUT2D eigenvalue weighted by Gasteiger charge is 2.07. The second-order valence-electron chi connectivity index (χ2n) is 2.59. The first-order chi connectivity index (χ1) is 6.90. The number of hydrogen-bond donors (Lipinski definition) is 0. The van der Waals surface area contributed by atoms with Gasteiger partial charge in [0.15, 0.2) is 5.82 Å². The molecule has 68 valence electrons. The first-order valence-corrected chi connectivity index (χ1v) is 4.00. The Balaban J connectivity index is 2.31. The molecule has 0 spiro atoms. The maximum atomic E-state index is 8.42.